The average molecular weight is 566 g/mol. The van der Waals surface area contributed by atoms with Gasteiger partial charge in [0.1, 0.15) is 11.6 Å². The van der Waals surface area contributed by atoms with Gasteiger partial charge in [-0.3, -0.25) is 14.4 Å². The maximum absolute atomic E-state index is 14.6. The largest absolute Gasteiger partial charge is 0.394 e. The van der Waals surface area contributed by atoms with Crippen LogP contribution in [-0.2, 0) is 19.1 Å². The Balaban J connectivity index is 1.83. The molecule has 0 saturated carbocycles. The van der Waals surface area contributed by atoms with E-state index in [4.69, 9.17) is 4.74 Å². The van der Waals surface area contributed by atoms with Crippen molar-refractivity contribution in [3.63, 3.8) is 0 Å². The Morgan fingerprint density at radius 1 is 1.05 bits per heavy atom. The highest BCUT2D eigenvalue weighted by Crippen LogP contribution is 2.64. The molecule has 1 aromatic rings. The summed E-state index contributed by atoms with van der Waals surface area (Å²) >= 11 is 0. The first-order valence-corrected chi connectivity index (χ1v) is 15.2. The van der Waals surface area contributed by atoms with Crippen LogP contribution in [0, 0.1) is 11.8 Å². The summed E-state index contributed by atoms with van der Waals surface area (Å²) in [4.78, 5) is 48.5. The molecule has 6 atom stereocenters. The van der Waals surface area contributed by atoms with Crippen LogP contribution < -0.4 is 0 Å². The van der Waals surface area contributed by atoms with Crippen LogP contribution in [0.1, 0.15) is 70.9 Å². The van der Waals surface area contributed by atoms with Crippen molar-refractivity contribution in [2.75, 3.05) is 32.8 Å². The van der Waals surface area contributed by atoms with Gasteiger partial charge in [0.25, 0.3) is 0 Å². The van der Waals surface area contributed by atoms with Crippen molar-refractivity contribution < 1.29 is 24.2 Å². The molecule has 1 aromatic carbocycles. The predicted octanol–water partition coefficient (Wildman–Crippen LogP) is 4.11. The number of fused-ring (bicyclic) bond motifs is 1. The van der Waals surface area contributed by atoms with E-state index in [9.17, 15) is 19.5 Å². The first-order chi connectivity index (χ1) is 19.7. The Morgan fingerprint density at radius 2 is 1.71 bits per heavy atom. The number of likely N-dealkylation sites (tertiary alicyclic amines) is 1. The molecule has 0 radical (unpaired) electrons. The minimum atomic E-state index is -1.15. The van der Waals surface area contributed by atoms with Crippen LogP contribution in [0.4, 0.5) is 0 Å². The molecule has 3 fully saturated rings. The fourth-order valence-corrected chi connectivity index (χ4v) is 7.47. The van der Waals surface area contributed by atoms with E-state index in [1.54, 1.807) is 26.9 Å². The molecule has 2 bridgehead atoms. The number of benzene rings is 1. The molecule has 4 rings (SSSR count). The third kappa shape index (κ3) is 5.37. The number of carbonyl (C=O) groups is 3. The highest BCUT2D eigenvalue weighted by Gasteiger charge is 2.78. The molecule has 3 amide bonds. The van der Waals surface area contributed by atoms with Gasteiger partial charge in [0.05, 0.1) is 30.1 Å². The highest BCUT2D eigenvalue weighted by atomic mass is 16.5. The Labute approximate surface area is 245 Å². The average Bonchev–Trinajstić information content (AvgIpc) is 3.54. The summed E-state index contributed by atoms with van der Waals surface area (Å²) in [6.07, 6.45) is 8.09. The molecule has 3 aliphatic rings. The second-order valence-corrected chi connectivity index (χ2v) is 11.9. The molecule has 0 aromatic heterocycles. The minimum Gasteiger partial charge on any atom is -0.394 e. The SMILES string of the molecule is C=CCN(CCCCC)C(=O)C1N([C@H](CO)c2ccccc2)C(=O)[C@@H]2[C@H](C(=O)N(CC=C)CCC)[C@]3(C)CCC12O3. The molecule has 3 aliphatic heterocycles. The van der Waals surface area contributed by atoms with E-state index in [1.165, 1.54) is 0 Å². The predicted molar refractivity (Wildman–Crippen MR) is 159 cm³/mol. The van der Waals surface area contributed by atoms with Gasteiger partial charge in [-0.2, -0.15) is 0 Å². The van der Waals surface area contributed by atoms with E-state index in [-0.39, 0.29) is 24.3 Å². The van der Waals surface area contributed by atoms with Gasteiger partial charge in [0.15, 0.2) is 0 Å². The van der Waals surface area contributed by atoms with Crippen molar-refractivity contribution >= 4 is 17.7 Å². The number of hydrogen-bond donors (Lipinski definition) is 1. The van der Waals surface area contributed by atoms with Crippen molar-refractivity contribution in [1.29, 1.82) is 0 Å². The Bertz CT molecular complexity index is 1130. The second kappa shape index (κ2) is 12.9. The van der Waals surface area contributed by atoms with Crippen molar-refractivity contribution in [2.24, 2.45) is 11.8 Å². The summed E-state index contributed by atoms with van der Waals surface area (Å²) in [6, 6.07) is 7.61. The number of unbranched alkanes of at least 4 members (excludes halogenated alkanes) is 2. The maximum Gasteiger partial charge on any atom is 0.248 e. The van der Waals surface area contributed by atoms with E-state index >= 15 is 0 Å². The standard InChI is InChI=1S/C33H47N3O5/c1-6-10-14-22-35(21-9-4)31(40)28-33-18-17-32(5,41-33)26(29(38)34(19-7-2)20-8-3)27(33)30(39)36(28)25(23-37)24-15-12-11-13-16-24/h7,9,11-13,15-16,25-28,37H,2,4,6,8,10,14,17-23H2,1,3,5H3/t25-,26-,27+,28?,32+,33?/m1/s1. The normalized spacial score (nSPS) is 28.8. The summed E-state index contributed by atoms with van der Waals surface area (Å²) in [5, 5.41) is 10.7. The molecule has 3 heterocycles. The minimum absolute atomic E-state index is 0.131. The van der Waals surface area contributed by atoms with Gasteiger partial charge in [-0.1, -0.05) is 69.2 Å². The molecule has 8 heteroatoms. The highest BCUT2D eigenvalue weighted by molar-refractivity contribution is 5.99. The Kier molecular flexibility index (Phi) is 9.75. The zero-order valence-corrected chi connectivity index (χ0v) is 25.0. The zero-order valence-electron chi connectivity index (χ0n) is 25.0. The van der Waals surface area contributed by atoms with E-state index in [0.29, 0.717) is 39.0 Å². The molecule has 2 unspecified atom stereocenters. The van der Waals surface area contributed by atoms with Crippen molar-refractivity contribution in [1.82, 2.24) is 14.7 Å². The van der Waals surface area contributed by atoms with Gasteiger partial charge >= 0.3 is 0 Å². The zero-order chi connectivity index (χ0) is 29.8. The summed E-state index contributed by atoms with van der Waals surface area (Å²) in [7, 11) is 0. The number of amides is 3. The van der Waals surface area contributed by atoms with E-state index in [0.717, 1.165) is 31.2 Å². The topological polar surface area (TPSA) is 90.4 Å². The van der Waals surface area contributed by atoms with Crippen LogP contribution in [0.15, 0.2) is 55.6 Å². The second-order valence-electron chi connectivity index (χ2n) is 11.9. The molecular weight excluding hydrogens is 518 g/mol. The monoisotopic (exact) mass is 565 g/mol. The number of ether oxygens (including phenoxy) is 1. The molecule has 1 N–H and O–H groups in total. The lowest BCUT2D eigenvalue weighted by Gasteiger charge is -2.39. The molecule has 8 nitrogen and oxygen atoms in total. The van der Waals surface area contributed by atoms with Gasteiger partial charge in [-0.25, -0.2) is 0 Å². The van der Waals surface area contributed by atoms with Crippen molar-refractivity contribution in [3.05, 3.63) is 61.2 Å². The smallest absolute Gasteiger partial charge is 0.248 e. The number of aliphatic hydroxyl groups is 1. The number of carbonyl (C=O) groups excluding carboxylic acids is 3. The van der Waals surface area contributed by atoms with Crippen LogP contribution in [-0.4, -0.2) is 87.6 Å². The Morgan fingerprint density at radius 3 is 2.29 bits per heavy atom. The fourth-order valence-electron chi connectivity index (χ4n) is 7.47. The van der Waals surface area contributed by atoms with Crippen molar-refractivity contribution in [3.8, 4) is 0 Å². The van der Waals surface area contributed by atoms with Gasteiger partial charge in [0.2, 0.25) is 17.7 Å². The quantitative estimate of drug-likeness (QED) is 0.255. The summed E-state index contributed by atoms with van der Waals surface area (Å²) in [5.74, 6) is -2.17. The summed E-state index contributed by atoms with van der Waals surface area (Å²) < 4.78 is 6.84. The summed E-state index contributed by atoms with van der Waals surface area (Å²) in [6.45, 7) is 15.2. The first kappa shape index (κ1) is 31.0. The number of hydrogen-bond acceptors (Lipinski definition) is 5. The number of nitrogens with zero attached hydrogens (tertiary/aromatic N) is 3. The van der Waals surface area contributed by atoms with E-state index in [2.05, 4.69) is 20.1 Å². The lowest BCUT2D eigenvalue weighted by molar-refractivity contribution is -0.156. The molecule has 41 heavy (non-hydrogen) atoms. The number of aliphatic hydroxyl groups excluding tert-OH is 1. The van der Waals surface area contributed by atoms with E-state index in [1.807, 2.05) is 44.2 Å². The lowest BCUT2D eigenvalue weighted by atomic mass is 9.66. The van der Waals surface area contributed by atoms with Crippen LogP contribution in [0.3, 0.4) is 0 Å². The third-order valence-electron chi connectivity index (χ3n) is 9.25. The molecule has 0 aliphatic carbocycles. The van der Waals surface area contributed by atoms with Gasteiger partial charge in [-0.05, 0) is 38.2 Å². The molecule has 224 valence electrons. The lowest BCUT2D eigenvalue weighted by Crippen LogP contribution is -2.57. The van der Waals surface area contributed by atoms with Gasteiger partial charge in [-0.15, -0.1) is 13.2 Å². The van der Waals surface area contributed by atoms with Crippen molar-refractivity contribution in [2.45, 2.75) is 82.6 Å². The fraction of sp³-hybridized carbons (Fsp3) is 0.606. The molecule has 3 saturated heterocycles. The van der Waals surface area contributed by atoms with Crippen LogP contribution >= 0.6 is 0 Å². The molecular formula is C33H47N3O5. The molecule has 1 spiro atoms. The maximum atomic E-state index is 14.6. The van der Waals surface area contributed by atoms with E-state index < -0.39 is 35.1 Å². The number of rotatable bonds is 15. The van der Waals surface area contributed by atoms with Crippen LogP contribution in [0.5, 0.6) is 0 Å². The van der Waals surface area contributed by atoms with Crippen LogP contribution in [0.2, 0.25) is 0 Å². The van der Waals surface area contributed by atoms with Crippen LogP contribution in [0.25, 0.3) is 0 Å². The first-order valence-electron chi connectivity index (χ1n) is 15.2. The van der Waals surface area contributed by atoms with Gasteiger partial charge < -0.3 is 24.5 Å². The summed E-state index contributed by atoms with van der Waals surface area (Å²) in [5.41, 5.74) is -1.27. The van der Waals surface area contributed by atoms with Gasteiger partial charge in [0, 0.05) is 26.2 Å². The third-order valence-corrected chi connectivity index (χ3v) is 9.25. The Hall–Kier alpha value is -2.97.